The number of ether oxygens (including phenoxy) is 1. The maximum atomic E-state index is 13.8. The third-order valence-corrected chi connectivity index (χ3v) is 9.85. The topological polar surface area (TPSA) is 85.6 Å². The second-order valence-corrected chi connectivity index (χ2v) is 12.5. The normalized spacial score (nSPS) is 25.6. The molecule has 0 N–H and O–H groups in total. The molecule has 216 valence electrons. The molecule has 3 heterocycles. The van der Waals surface area contributed by atoms with Gasteiger partial charge in [-0.2, -0.15) is 15.2 Å². The molecule has 1 amide bonds. The molecule has 1 aromatic heterocycles. The van der Waals surface area contributed by atoms with Crippen LogP contribution in [0.3, 0.4) is 0 Å². The van der Waals surface area contributed by atoms with Crippen molar-refractivity contribution in [1.82, 2.24) is 19.8 Å². The van der Waals surface area contributed by atoms with E-state index in [9.17, 15) is 14.4 Å². The van der Waals surface area contributed by atoms with Gasteiger partial charge < -0.3 is 19.4 Å². The minimum atomic E-state index is -1.00. The van der Waals surface area contributed by atoms with Gasteiger partial charge in [-0.15, -0.1) is 0 Å². The molecule has 10 heteroatoms. The average molecular weight is 579 g/mol. The number of anilines is 1. The number of nitrogens with zero attached hydrogens (tertiary/aromatic N) is 6. The van der Waals surface area contributed by atoms with Crippen molar-refractivity contribution in [3.05, 3.63) is 58.0 Å². The molecule has 8 nitrogen and oxygen atoms in total. The first kappa shape index (κ1) is 27.9. The summed E-state index contributed by atoms with van der Waals surface area (Å²) >= 11 is 6.60. The Morgan fingerprint density at radius 2 is 2.02 bits per heavy atom. The van der Waals surface area contributed by atoms with Gasteiger partial charge in [0.05, 0.1) is 30.8 Å². The van der Waals surface area contributed by atoms with Crippen molar-refractivity contribution < 1.29 is 13.9 Å². The van der Waals surface area contributed by atoms with Crippen LogP contribution in [0.2, 0.25) is 5.02 Å². The van der Waals surface area contributed by atoms with E-state index in [1.807, 2.05) is 12.1 Å². The second-order valence-electron chi connectivity index (χ2n) is 12.1. The van der Waals surface area contributed by atoms with Crippen LogP contribution in [0.25, 0.3) is 0 Å². The molecule has 0 radical (unpaired) electrons. The monoisotopic (exact) mass is 578 g/mol. The molecule has 0 unspecified atom stereocenters. The van der Waals surface area contributed by atoms with Crippen molar-refractivity contribution in [2.24, 2.45) is 5.92 Å². The molecule has 2 aliphatic heterocycles. The summed E-state index contributed by atoms with van der Waals surface area (Å²) in [5.74, 6) is -0.513. The van der Waals surface area contributed by atoms with Gasteiger partial charge in [-0.05, 0) is 69.3 Å². The van der Waals surface area contributed by atoms with Crippen LogP contribution in [0.4, 0.5) is 10.2 Å². The number of carbonyl (C=O) groups excluding carboxylic acids is 1. The predicted octanol–water partition coefficient (Wildman–Crippen LogP) is 4.25. The van der Waals surface area contributed by atoms with Crippen LogP contribution in [-0.2, 0) is 29.5 Å². The smallest absolute Gasteiger partial charge is 0.318 e. The number of amides is 1. The van der Waals surface area contributed by atoms with E-state index in [-0.39, 0.29) is 18.4 Å². The highest BCUT2D eigenvalue weighted by atomic mass is 35.5. The number of benzene rings is 1. The zero-order valence-corrected chi connectivity index (χ0v) is 24.3. The molecule has 4 aliphatic rings. The standard InChI is InChI=1S/C31H36ClFN6O2/c1-20(33)29(40)39-15-14-38(18-22(39)8-12-34)28-24-7-11-31(10-6-23-25(31)4-3-5-26(23)32)16-27(24)35-30(36-28)41-19-21-9-13-37(2)17-21/h3-5,21-22H,1,6-11,13-19H2,2H3/t21-,22-,31-/m0/s1. The number of hydrogen-bond donors (Lipinski definition) is 0. The highest BCUT2D eigenvalue weighted by Crippen LogP contribution is 2.50. The number of likely N-dealkylation sites (tertiary alicyclic amines) is 1. The Balaban J connectivity index is 1.33. The highest BCUT2D eigenvalue weighted by Gasteiger charge is 2.44. The number of rotatable bonds is 6. The van der Waals surface area contributed by atoms with Crippen LogP contribution in [0, 0.1) is 17.2 Å². The number of hydrogen-bond acceptors (Lipinski definition) is 7. The first-order valence-electron chi connectivity index (χ1n) is 14.5. The van der Waals surface area contributed by atoms with Gasteiger partial charge in [0, 0.05) is 48.1 Å². The first-order valence-corrected chi connectivity index (χ1v) is 14.9. The van der Waals surface area contributed by atoms with Crippen LogP contribution < -0.4 is 9.64 Å². The van der Waals surface area contributed by atoms with E-state index in [1.54, 1.807) is 0 Å². The molecule has 0 saturated carbocycles. The number of carbonyl (C=O) groups is 1. The van der Waals surface area contributed by atoms with Crippen molar-refractivity contribution in [3.63, 3.8) is 0 Å². The summed E-state index contributed by atoms with van der Waals surface area (Å²) in [4.78, 5) is 28.3. The lowest BCUT2D eigenvalue weighted by Crippen LogP contribution is -2.55. The van der Waals surface area contributed by atoms with Gasteiger partial charge in [0.1, 0.15) is 5.82 Å². The third kappa shape index (κ3) is 5.28. The van der Waals surface area contributed by atoms with Gasteiger partial charge in [0.2, 0.25) is 0 Å². The van der Waals surface area contributed by atoms with E-state index in [2.05, 4.69) is 35.6 Å². The van der Waals surface area contributed by atoms with E-state index in [4.69, 9.17) is 26.3 Å². The van der Waals surface area contributed by atoms with Crippen molar-refractivity contribution in [3.8, 4) is 12.1 Å². The zero-order valence-electron chi connectivity index (χ0n) is 23.5. The minimum Gasteiger partial charge on any atom is -0.463 e. The Morgan fingerprint density at radius 3 is 2.76 bits per heavy atom. The summed E-state index contributed by atoms with van der Waals surface area (Å²) in [6, 6.07) is 8.32. The second kappa shape index (κ2) is 11.2. The van der Waals surface area contributed by atoms with Gasteiger partial charge in [-0.3, -0.25) is 4.79 Å². The maximum Gasteiger partial charge on any atom is 0.318 e. The van der Waals surface area contributed by atoms with Crippen LogP contribution in [0.15, 0.2) is 30.6 Å². The number of fused-ring (bicyclic) bond motifs is 3. The fourth-order valence-corrected chi connectivity index (χ4v) is 7.62. The number of aromatic nitrogens is 2. The van der Waals surface area contributed by atoms with Crippen LogP contribution >= 0.6 is 11.6 Å². The summed E-state index contributed by atoms with van der Waals surface area (Å²) in [6.45, 7) is 6.93. The number of nitriles is 1. The Kier molecular flexibility index (Phi) is 7.64. The van der Waals surface area contributed by atoms with E-state index in [0.29, 0.717) is 31.6 Å². The quantitative estimate of drug-likeness (QED) is 0.474. The molecule has 41 heavy (non-hydrogen) atoms. The van der Waals surface area contributed by atoms with E-state index < -0.39 is 17.8 Å². The molecule has 2 fully saturated rings. The van der Waals surface area contributed by atoms with E-state index in [1.165, 1.54) is 16.0 Å². The van der Waals surface area contributed by atoms with Crippen molar-refractivity contribution in [2.45, 2.75) is 56.4 Å². The maximum absolute atomic E-state index is 13.8. The van der Waals surface area contributed by atoms with Gasteiger partial charge >= 0.3 is 6.01 Å². The first-order chi connectivity index (χ1) is 19.8. The van der Waals surface area contributed by atoms with Gasteiger partial charge in [-0.1, -0.05) is 30.3 Å². The molecule has 3 atom stereocenters. The van der Waals surface area contributed by atoms with Crippen LogP contribution in [-0.4, -0.2) is 78.1 Å². The highest BCUT2D eigenvalue weighted by molar-refractivity contribution is 6.31. The molecule has 2 aromatic rings. The molecular weight excluding hydrogens is 543 g/mol. The van der Waals surface area contributed by atoms with Crippen molar-refractivity contribution in [2.75, 3.05) is 51.3 Å². The lowest BCUT2D eigenvalue weighted by atomic mass is 9.69. The lowest BCUT2D eigenvalue weighted by Gasteiger charge is -2.42. The summed E-state index contributed by atoms with van der Waals surface area (Å²) in [5, 5.41) is 10.3. The fourth-order valence-electron chi connectivity index (χ4n) is 7.35. The molecule has 2 aliphatic carbocycles. The van der Waals surface area contributed by atoms with Crippen molar-refractivity contribution in [1.29, 1.82) is 5.26 Å². The average Bonchev–Trinajstić information content (AvgIpc) is 3.55. The summed E-state index contributed by atoms with van der Waals surface area (Å²) < 4.78 is 20.0. The molecule has 0 bridgehead atoms. The lowest BCUT2D eigenvalue weighted by molar-refractivity contribution is -0.131. The van der Waals surface area contributed by atoms with E-state index >= 15 is 0 Å². The predicted molar refractivity (Wildman–Crippen MR) is 155 cm³/mol. The molecule has 1 spiro atoms. The largest absolute Gasteiger partial charge is 0.463 e. The molecule has 6 rings (SSSR count). The molecule has 1 aromatic carbocycles. The minimum absolute atomic E-state index is 0.0137. The summed E-state index contributed by atoms with van der Waals surface area (Å²) in [6.07, 6.45) is 5.76. The Bertz CT molecular complexity index is 1410. The van der Waals surface area contributed by atoms with Gasteiger partial charge in [-0.25, -0.2) is 4.39 Å². The fraction of sp³-hybridized carbons (Fsp3) is 0.548. The SMILES string of the molecule is C=C(F)C(=O)N1CCN(c2nc(OC[C@H]3CCN(C)C3)nc3c2CC[C@@]2(CCc4c(Cl)cccc42)C3)C[C@@H]1CC#N. The van der Waals surface area contributed by atoms with Gasteiger partial charge in [0.15, 0.2) is 5.83 Å². The summed E-state index contributed by atoms with van der Waals surface area (Å²) in [5.41, 5.74) is 4.67. The third-order valence-electron chi connectivity index (χ3n) is 9.49. The van der Waals surface area contributed by atoms with Crippen molar-refractivity contribution >= 4 is 23.3 Å². The van der Waals surface area contributed by atoms with Crippen LogP contribution in [0.5, 0.6) is 6.01 Å². The van der Waals surface area contributed by atoms with Crippen LogP contribution in [0.1, 0.15) is 48.1 Å². The van der Waals surface area contributed by atoms with E-state index in [0.717, 1.165) is 73.7 Å². The zero-order chi connectivity index (χ0) is 28.7. The number of piperazine rings is 1. The summed E-state index contributed by atoms with van der Waals surface area (Å²) in [7, 11) is 2.12. The Hall–Kier alpha value is -3.22. The Morgan fingerprint density at radius 1 is 1.22 bits per heavy atom. The Labute approximate surface area is 245 Å². The van der Waals surface area contributed by atoms with Gasteiger partial charge in [0.25, 0.3) is 5.91 Å². The molecule has 2 saturated heterocycles. The number of halogens is 2. The molecular formula is C31H36ClFN6O2.